The second-order valence-corrected chi connectivity index (χ2v) is 22.2. The fraction of sp³-hybridized carbons (Fsp3) is 0.524. The highest BCUT2D eigenvalue weighted by Crippen LogP contribution is 2.41. The molecule has 0 aromatic heterocycles. The minimum Gasteiger partial charge on any atom is -0.508 e. The molecule has 0 heterocycles. The number of benzene rings is 2. The van der Waals surface area contributed by atoms with Crippen molar-refractivity contribution in [2.24, 2.45) is 0 Å². The van der Waals surface area contributed by atoms with Crippen LogP contribution in [0.4, 0.5) is 0 Å². The average molecular weight is 1050 g/mol. The van der Waals surface area contributed by atoms with Crippen LogP contribution in [0.5, 0.6) is 23.0 Å². The Hall–Kier alpha value is -3.14. The third-order valence-corrected chi connectivity index (χ3v) is 14.7. The molecule has 0 aliphatic heterocycles. The van der Waals surface area contributed by atoms with Crippen molar-refractivity contribution < 1.29 is 78.8 Å². The standard InChI is InChI=1S/C42H62O18S6/c1-3-5-7-15-21-37(57-63(45,46)47)31-41(23-17-11-9-13-19-33-25-35(43)29-39(27-33)59-65(51,52)53)61-62-42(32-38(58-64(48,49)50)22-16-8-6-4-2)24-18-12-10-14-20-34-26-36(44)30-40(28-34)60-66(54,55)56/h3-8,15-16,25-30,37-38,41-44H,9-14,17-24,31-32H2,1-2H3,(H,45,46,47)(H,48,49,50)(H,51,52,53)(H,54,55,56)/t37-,38+,41-,42-/m1/s1. The van der Waals surface area contributed by atoms with Crippen LogP contribution in [0, 0.1) is 0 Å². The first-order valence-corrected chi connectivity index (χ1v) is 28.8. The zero-order valence-corrected chi connectivity index (χ0v) is 41.6. The second-order valence-electron chi connectivity index (χ2n) is 15.2. The van der Waals surface area contributed by atoms with Crippen molar-refractivity contribution in [2.75, 3.05) is 0 Å². The zero-order chi connectivity index (χ0) is 49.2. The predicted molar refractivity (Wildman–Crippen MR) is 256 cm³/mol. The third kappa shape index (κ3) is 31.0. The van der Waals surface area contributed by atoms with Crippen molar-refractivity contribution in [3.63, 3.8) is 0 Å². The van der Waals surface area contributed by atoms with Gasteiger partial charge in [-0.3, -0.25) is 18.2 Å². The lowest BCUT2D eigenvalue weighted by Crippen LogP contribution is -2.23. The molecule has 0 bridgehead atoms. The van der Waals surface area contributed by atoms with Crippen LogP contribution >= 0.6 is 21.6 Å². The zero-order valence-electron chi connectivity index (χ0n) is 36.7. The van der Waals surface area contributed by atoms with Crippen LogP contribution in [0.15, 0.2) is 85.0 Å². The van der Waals surface area contributed by atoms with Crippen LogP contribution in [-0.4, -0.2) is 84.8 Å². The van der Waals surface area contributed by atoms with E-state index in [1.54, 1.807) is 48.6 Å². The number of aromatic hydroxyl groups is 2. The smallest absolute Gasteiger partial charge is 0.446 e. The maximum absolute atomic E-state index is 11.9. The van der Waals surface area contributed by atoms with E-state index in [9.17, 15) is 53.0 Å². The summed E-state index contributed by atoms with van der Waals surface area (Å²) in [4.78, 5) is 0. The van der Waals surface area contributed by atoms with Crippen molar-refractivity contribution in [3.05, 3.63) is 96.1 Å². The Morgan fingerprint density at radius 2 is 0.864 bits per heavy atom. The molecule has 0 saturated heterocycles. The molecule has 0 aliphatic carbocycles. The van der Waals surface area contributed by atoms with Crippen LogP contribution in [0.1, 0.15) is 115 Å². The van der Waals surface area contributed by atoms with Gasteiger partial charge in [-0.2, -0.15) is 33.7 Å². The quantitative estimate of drug-likeness (QED) is 0.0162. The molecule has 0 amide bonds. The molecule has 2 aromatic carbocycles. The molecular weight excluding hydrogens is 985 g/mol. The molecule has 0 fully saturated rings. The molecule has 4 atom stereocenters. The van der Waals surface area contributed by atoms with Crippen molar-refractivity contribution >= 4 is 63.2 Å². The Labute approximate surface area is 398 Å². The largest absolute Gasteiger partial charge is 0.508 e. The van der Waals surface area contributed by atoms with Gasteiger partial charge in [-0.1, -0.05) is 109 Å². The number of aryl methyl sites for hydroxylation is 2. The molecule has 374 valence electrons. The van der Waals surface area contributed by atoms with Gasteiger partial charge >= 0.3 is 41.6 Å². The number of hydrogen-bond acceptors (Lipinski definition) is 16. The molecule has 0 aliphatic rings. The summed E-state index contributed by atoms with van der Waals surface area (Å²) >= 11 is 0. The number of allylic oxidation sites excluding steroid dienone is 6. The van der Waals surface area contributed by atoms with Crippen LogP contribution in [-0.2, 0) is 62.8 Å². The van der Waals surface area contributed by atoms with Crippen LogP contribution in [0.3, 0.4) is 0 Å². The fourth-order valence-corrected chi connectivity index (χ4v) is 11.8. The van der Waals surface area contributed by atoms with Gasteiger partial charge in [0.05, 0.1) is 12.2 Å². The highest BCUT2D eigenvalue weighted by atomic mass is 33.1. The summed E-state index contributed by atoms with van der Waals surface area (Å²) in [7, 11) is -16.2. The first-order valence-electron chi connectivity index (χ1n) is 21.1. The topological polar surface area (TPSA) is 295 Å². The van der Waals surface area contributed by atoms with E-state index in [0.29, 0.717) is 62.5 Å². The minimum atomic E-state index is -4.82. The van der Waals surface area contributed by atoms with Gasteiger partial charge in [0.2, 0.25) is 0 Å². The molecule has 24 heteroatoms. The highest BCUT2D eigenvalue weighted by molar-refractivity contribution is 8.77. The maximum atomic E-state index is 11.9. The fourth-order valence-electron chi connectivity index (χ4n) is 6.71. The third-order valence-electron chi connectivity index (χ3n) is 9.36. The van der Waals surface area contributed by atoms with Crippen molar-refractivity contribution in [1.82, 2.24) is 0 Å². The molecule has 18 nitrogen and oxygen atoms in total. The second kappa shape index (κ2) is 30.4. The molecule has 0 spiro atoms. The van der Waals surface area contributed by atoms with Gasteiger partial charge in [-0.25, -0.2) is 8.37 Å². The molecule has 0 unspecified atom stereocenters. The number of phenolic OH excluding ortho intramolecular Hbond substituents is 2. The van der Waals surface area contributed by atoms with Gasteiger partial charge in [-0.05, 0) is 113 Å². The summed E-state index contributed by atoms with van der Waals surface area (Å²) in [5, 5.41) is 19.6. The molecule has 2 aromatic rings. The van der Waals surface area contributed by atoms with E-state index in [1.807, 2.05) is 13.8 Å². The number of unbranched alkanes of at least 4 members (excludes halogenated alkanes) is 6. The lowest BCUT2D eigenvalue weighted by atomic mass is 10.0. The lowest BCUT2D eigenvalue weighted by molar-refractivity contribution is 0.172. The molecule has 2 rings (SSSR count). The SMILES string of the molecule is CC=CC=CC[C@H](C[C@@H](CCCCCCc1cc(O)cc(OS(=O)(=O)O)c1)SS[C@H](CCCCCCc1cc(O)cc(OS(=O)(=O)O)c1)C[C@H](CC=CC=CC)OS(=O)(=O)O)OS(=O)(=O)O. The van der Waals surface area contributed by atoms with Gasteiger partial charge in [0.15, 0.2) is 0 Å². The van der Waals surface area contributed by atoms with Gasteiger partial charge in [0.1, 0.15) is 23.0 Å². The summed E-state index contributed by atoms with van der Waals surface area (Å²) < 4.78 is 149. The van der Waals surface area contributed by atoms with Crippen molar-refractivity contribution in [3.8, 4) is 23.0 Å². The first-order chi connectivity index (χ1) is 30.9. The first kappa shape index (κ1) is 59.0. The van der Waals surface area contributed by atoms with Gasteiger partial charge < -0.3 is 18.6 Å². The molecular formula is C42H62O18S6. The van der Waals surface area contributed by atoms with E-state index in [4.69, 9.17) is 17.5 Å². The number of rotatable bonds is 35. The van der Waals surface area contributed by atoms with Crippen molar-refractivity contribution in [2.45, 2.75) is 139 Å². The van der Waals surface area contributed by atoms with Crippen LogP contribution in [0.2, 0.25) is 0 Å². The Balaban J connectivity index is 2.25. The number of hydrogen-bond donors (Lipinski definition) is 6. The Kier molecular flexibility index (Phi) is 27.1. The van der Waals surface area contributed by atoms with E-state index in [0.717, 1.165) is 37.8 Å². The van der Waals surface area contributed by atoms with E-state index in [2.05, 4.69) is 8.37 Å². The Morgan fingerprint density at radius 3 is 1.20 bits per heavy atom. The monoisotopic (exact) mass is 1050 g/mol. The Bertz CT molecular complexity index is 2170. The maximum Gasteiger partial charge on any atom is 0.446 e. The van der Waals surface area contributed by atoms with E-state index >= 15 is 0 Å². The summed E-state index contributed by atoms with van der Waals surface area (Å²) in [5.74, 6) is -0.933. The predicted octanol–water partition coefficient (Wildman–Crippen LogP) is 9.47. The lowest BCUT2D eigenvalue weighted by Gasteiger charge is -2.25. The molecule has 0 saturated carbocycles. The van der Waals surface area contributed by atoms with Crippen LogP contribution in [0.25, 0.3) is 0 Å². The van der Waals surface area contributed by atoms with Crippen molar-refractivity contribution in [1.29, 1.82) is 0 Å². The van der Waals surface area contributed by atoms with Gasteiger partial charge in [0.25, 0.3) is 0 Å². The van der Waals surface area contributed by atoms with Crippen LogP contribution < -0.4 is 8.37 Å². The van der Waals surface area contributed by atoms with E-state index in [-0.39, 0.29) is 59.2 Å². The summed E-state index contributed by atoms with van der Waals surface area (Å²) in [6, 6.07) is 7.84. The molecule has 66 heavy (non-hydrogen) atoms. The van der Waals surface area contributed by atoms with Gasteiger partial charge in [0, 0.05) is 22.6 Å². The van der Waals surface area contributed by atoms with E-state index in [1.165, 1.54) is 45.9 Å². The summed E-state index contributed by atoms with van der Waals surface area (Å²) in [6.45, 7) is 3.64. The molecule has 0 radical (unpaired) electrons. The highest BCUT2D eigenvalue weighted by Gasteiger charge is 2.26. The molecule has 6 N–H and O–H groups in total. The average Bonchev–Trinajstić information content (AvgIpc) is 3.16. The van der Waals surface area contributed by atoms with E-state index < -0.39 is 53.8 Å². The van der Waals surface area contributed by atoms with Gasteiger partial charge in [-0.15, -0.1) is 0 Å². The number of phenols is 2. The normalized spacial score (nSPS) is 14.9. The summed E-state index contributed by atoms with van der Waals surface area (Å²) in [5.41, 5.74) is 1.18. The minimum absolute atomic E-state index is 0.169. The Morgan fingerprint density at radius 1 is 0.500 bits per heavy atom. The summed E-state index contributed by atoms with van der Waals surface area (Å²) in [6.07, 6.45) is 20.7.